The van der Waals surface area contributed by atoms with E-state index in [2.05, 4.69) is 15.5 Å². The van der Waals surface area contributed by atoms with Gasteiger partial charge in [-0.3, -0.25) is 14.6 Å². The monoisotopic (exact) mass is 416 g/mol. The third-order valence-corrected chi connectivity index (χ3v) is 5.12. The molecule has 0 unspecified atom stereocenters. The number of carbonyl (C=O) groups is 2. The summed E-state index contributed by atoms with van der Waals surface area (Å²) in [6.45, 7) is 0.642. The van der Waals surface area contributed by atoms with E-state index in [1.54, 1.807) is 28.2 Å². The Balaban J connectivity index is 1.50. The van der Waals surface area contributed by atoms with E-state index in [4.69, 9.17) is 5.10 Å². The Labute approximate surface area is 180 Å². The number of aromatic nitrogens is 3. The summed E-state index contributed by atoms with van der Waals surface area (Å²) in [5.41, 5.74) is 5.83. The maximum atomic E-state index is 12.3. The molecule has 31 heavy (non-hydrogen) atoms. The third kappa shape index (κ3) is 5.22. The van der Waals surface area contributed by atoms with Gasteiger partial charge >= 0.3 is 0 Å². The van der Waals surface area contributed by atoms with E-state index in [1.807, 2.05) is 48.7 Å². The number of amides is 2. The summed E-state index contributed by atoms with van der Waals surface area (Å²) in [6, 6.07) is 13.5. The SMILES string of the molecule is O=C(CN1CCCCCC1=O)N/N=C\c1cn(-c2ccccc2)nc1-c1ccncc1. The van der Waals surface area contributed by atoms with Crippen LogP contribution in [0.15, 0.2) is 66.2 Å². The van der Waals surface area contributed by atoms with Gasteiger partial charge in [0.15, 0.2) is 0 Å². The second-order valence-electron chi connectivity index (χ2n) is 7.37. The van der Waals surface area contributed by atoms with Crippen molar-refractivity contribution in [1.82, 2.24) is 25.1 Å². The van der Waals surface area contributed by atoms with Gasteiger partial charge in [-0.25, -0.2) is 10.1 Å². The highest BCUT2D eigenvalue weighted by atomic mass is 16.2. The van der Waals surface area contributed by atoms with Crippen LogP contribution in [-0.4, -0.2) is 50.8 Å². The van der Waals surface area contributed by atoms with Crippen molar-refractivity contribution >= 4 is 18.0 Å². The Bertz CT molecular complexity index is 1060. The Hall–Kier alpha value is -3.81. The van der Waals surface area contributed by atoms with Crippen LogP contribution in [0.5, 0.6) is 0 Å². The Morgan fingerprint density at radius 1 is 1.10 bits per heavy atom. The van der Waals surface area contributed by atoms with E-state index in [0.29, 0.717) is 13.0 Å². The second kappa shape index (κ2) is 9.80. The summed E-state index contributed by atoms with van der Waals surface area (Å²) >= 11 is 0. The summed E-state index contributed by atoms with van der Waals surface area (Å²) in [4.78, 5) is 30.0. The largest absolute Gasteiger partial charge is 0.333 e. The van der Waals surface area contributed by atoms with Gasteiger partial charge in [-0.05, 0) is 37.1 Å². The number of likely N-dealkylation sites (tertiary alicyclic amines) is 1. The molecule has 1 N–H and O–H groups in total. The van der Waals surface area contributed by atoms with Gasteiger partial charge in [0.1, 0.15) is 12.2 Å². The highest BCUT2D eigenvalue weighted by molar-refractivity contribution is 5.90. The van der Waals surface area contributed by atoms with E-state index in [0.717, 1.165) is 41.8 Å². The number of nitrogens with zero attached hydrogens (tertiary/aromatic N) is 5. The van der Waals surface area contributed by atoms with E-state index in [9.17, 15) is 9.59 Å². The molecule has 2 amide bonds. The van der Waals surface area contributed by atoms with Gasteiger partial charge in [0.05, 0.1) is 11.9 Å². The van der Waals surface area contributed by atoms with Crippen LogP contribution in [0.25, 0.3) is 16.9 Å². The van der Waals surface area contributed by atoms with Crippen LogP contribution in [0.4, 0.5) is 0 Å². The minimum Gasteiger partial charge on any atom is -0.333 e. The van der Waals surface area contributed by atoms with Gasteiger partial charge in [0.25, 0.3) is 5.91 Å². The van der Waals surface area contributed by atoms with Crippen molar-refractivity contribution in [3.8, 4) is 16.9 Å². The lowest BCUT2D eigenvalue weighted by atomic mass is 10.1. The standard InChI is InChI=1S/C23H24N6O2/c30-21(17-28-14-6-2-5-9-22(28)31)26-25-15-19-16-29(20-7-3-1-4-8-20)27-23(19)18-10-12-24-13-11-18/h1,3-4,7-8,10-13,15-16H,2,5-6,9,14,17H2,(H,26,30)/b25-15-. The lowest BCUT2D eigenvalue weighted by molar-refractivity contribution is -0.135. The molecule has 3 heterocycles. The van der Waals surface area contributed by atoms with Gasteiger partial charge in [-0.2, -0.15) is 10.2 Å². The molecule has 1 saturated heterocycles. The molecule has 0 radical (unpaired) electrons. The van der Waals surface area contributed by atoms with Gasteiger partial charge in [0.2, 0.25) is 5.91 Å². The number of carbonyl (C=O) groups excluding carboxylic acids is 2. The first-order chi connectivity index (χ1) is 15.2. The highest BCUT2D eigenvalue weighted by Gasteiger charge is 2.19. The van der Waals surface area contributed by atoms with Crippen LogP contribution in [0, 0.1) is 0 Å². The second-order valence-corrected chi connectivity index (χ2v) is 7.37. The summed E-state index contributed by atoms with van der Waals surface area (Å²) < 4.78 is 1.77. The molecule has 0 spiro atoms. The van der Waals surface area contributed by atoms with Crippen LogP contribution in [-0.2, 0) is 9.59 Å². The topological polar surface area (TPSA) is 92.5 Å². The molecule has 8 nitrogen and oxygen atoms in total. The van der Waals surface area contributed by atoms with Crippen molar-refractivity contribution in [2.45, 2.75) is 25.7 Å². The van der Waals surface area contributed by atoms with Crippen LogP contribution in [0.2, 0.25) is 0 Å². The molecule has 0 saturated carbocycles. The summed E-state index contributed by atoms with van der Waals surface area (Å²) in [7, 11) is 0. The number of hydrogen-bond donors (Lipinski definition) is 1. The average Bonchev–Trinajstić information content (AvgIpc) is 3.13. The van der Waals surface area contributed by atoms with Gasteiger partial charge < -0.3 is 4.90 Å². The molecule has 158 valence electrons. The fourth-order valence-electron chi connectivity index (χ4n) is 3.52. The number of hydrazone groups is 1. The van der Waals surface area contributed by atoms with Crippen molar-refractivity contribution in [2.24, 2.45) is 5.10 Å². The normalized spacial score (nSPS) is 14.6. The van der Waals surface area contributed by atoms with Crippen molar-refractivity contribution in [3.05, 3.63) is 66.6 Å². The summed E-state index contributed by atoms with van der Waals surface area (Å²) in [6.07, 6.45) is 10.2. The Morgan fingerprint density at radius 3 is 2.71 bits per heavy atom. The molecule has 4 rings (SSSR count). The quantitative estimate of drug-likeness (QED) is 0.494. The van der Waals surface area contributed by atoms with E-state index >= 15 is 0 Å². The molecule has 1 fully saturated rings. The smallest absolute Gasteiger partial charge is 0.259 e. The number of hydrogen-bond acceptors (Lipinski definition) is 5. The molecule has 8 heteroatoms. The predicted octanol–water partition coefficient (Wildman–Crippen LogP) is 2.79. The zero-order valence-electron chi connectivity index (χ0n) is 17.1. The lowest BCUT2D eigenvalue weighted by Crippen LogP contribution is -2.39. The predicted molar refractivity (Wildman–Crippen MR) is 118 cm³/mol. The summed E-state index contributed by atoms with van der Waals surface area (Å²) in [5, 5.41) is 8.81. The number of benzene rings is 1. The van der Waals surface area contributed by atoms with E-state index < -0.39 is 0 Å². The minimum atomic E-state index is -0.313. The summed E-state index contributed by atoms with van der Waals surface area (Å²) in [5.74, 6) is -0.284. The maximum Gasteiger partial charge on any atom is 0.259 e. The minimum absolute atomic E-state index is 0.0245. The van der Waals surface area contributed by atoms with Crippen molar-refractivity contribution in [3.63, 3.8) is 0 Å². The van der Waals surface area contributed by atoms with Gasteiger partial charge in [-0.15, -0.1) is 0 Å². The van der Waals surface area contributed by atoms with E-state index in [-0.39, 0.29) is 18.4 Å². The number of pyridine rings is 1. The molecule has 1 aliphatic rings. The molecule has 1 aromatic carbocycles. The third-order valence-electron chi connectivity index (χ3n) is 5.12. The molecular formula is C23H24N6O2. The first kappa shape index (κ1) is 20.5. The maximum absolute atomic E-state index is 12.3. The van der Waals surface area contributed by atoms with Crippen molar-refractivity contribution in [1.29, 1.82) is 0 Å². The van der Waals surface area contributed by atoms with Gasteiger partial charge in [0, 0.05) is 42.7 Å². The van der Waals surface area contributed by atoms with E-state index in [1.165, 1.54) is 0 Å². The first-order valence-corrected chi connectivity index (χ1v) is 10.4. The average molecular weight is 416 g/mol. The fraction of sp³-hybridized carbons (Fsp3) is 0.261. The molecular weight excluding hydrogens is 392 g/mol. The van der Waals surface area contributed by atoms with Crippen molar-refractivity contribution < 1.29 is 9.59 Å². The fourth-order valence-corrected chi connectivity index (χ4v) is 3.52. The molecule has 1 aliphatic heterocycles. The molecule has 0 aliphatic carbocycles. The molecule has 0 bridgehead atoms. The Morgan fingerprint density at radius 2 is 1.90 bits per heavy atom. The van der Waals surface area contributed by atoms with Gasteiger partial charge in [-0.1, -0.05) is 24.6 Å². The van der Waals surface area contributed by atoms with Crippen LogP contribution in [0.3, 0.4) is 0 Å². The zero-order valence-corrected chi connectivity index (χ0v) is 17.1. The number of rotatable bonds is 6. The first-order valence-electron chi connectivity index (χ1n) is 10.4. The molecule has 3 aromatic rings. The lowest BCUT2D eigenvalue weighted by Gasteiger charge is -2.18. The van der Waals surface area contributed by atoms with Crippen LogP contribution in [0.1, 0.15) is 31.2 Å². The number of para-hydroxylation sites is 1. The number of nitrogens with one attached hydrogen (secondary N) is 1. The Kier molecular flexibility index (Phi) is 6.47. The molecule has 2 aromatic heterocycles. The molecule has 0 atom stereocenters. The highest BCUT2D eigenvalue weighted by Crippen LogP contribution is 2.22. The van der Waals surface area contributed by atoms with Crippen LogP contribution < -0.4 is 5.43 Å². The zero-order chi connectivity index (χ0) is 21.5. The van der Waals surface area contributed by atoms with Crippen LogP contribution >= 0.6 is 0 Å². The van der Waals surface area contributed by atoms with Crippen molar-refractivity contribution in [2.75, 3.05) is 13.1 Å².